The fourth-order valence-corrected chi connectivity index (χ4v) is 6.98. The maximum atomic E-state index is 12.7. The minimum atomic E-state index is -0.757. The first-order chi connectivity index (χ1) is 25.9. The number of ether oxygens (including phenoxy) is 3. The Morgan fingerprint density at radius 3 is 0.925 bits per heavy atom. The van der Waals surface area contributed by atoms with E-state index < -0.39 is 6.10 Å². The molecule has 314 valence electrons. The van der Waals surface area contributed by atoms with Gasteiger partial charge in [-0.3, -0.25) is 14.4 Å². The van der Waals surface area contributed by atoms with E-state index >= 15 is 0 Å². The average molecular weight is 751 g/mol. The molecule has 0 aromatic rings. The number of hydrogen-bond donors (Lipinski definition) is 0. The van der Waals surface area contributed by atoms with Crippen LogP contribution in [0.15, 0.2) is 0 Å². The third-order valence-electron chi connectivity index (χ3n) is 10.5. The Morgan fingerprint density at radius 1 is 0.358 bits per heavy atom. The van der Waals surface area contributed by atoms with Crippen LogP contribution in [0.4, 0.5) is 0 Å². The Bertz CT molecular complexity index is 796. The number of hydrogen-bond acceptors (Lipinski definition) is 6. The molecule has 6 heteroatoms. The standard InChI is InChI=1S/C47H90O6/c1-5-7-9-11-12-23-27-31-35-39-46(49)52-42-44(41-51-45(48)38-34-29-10-8-6-2)53-47(50)40-36-32-28-25-22-20-18-16-14-13-15-17-19-21-24-26-30-33-37-43(3)4/h43-44H,5-42H2,1-4H3/t44-/m1/s1. The Kier molecular flexibility index (Phi) is 40.3. The summed E-state index contributed by atoms with van der Waals surface area (Å²) in [4.78, 5) is 37.4. The Hall–Kier alpha value is -1.59. The highest BCUT2D eigenvalue weighted by Crippen LogP contribution is 2.17. The summed E-state index contributed by atoms with van der Waals surface area (Å²) in [7, 11) is 0. The van der Waals surface area contributed by atoms with Gasteiger partial charge in [0.15, 0.2) is 6.10 Å². The molecule has 0 unspecified atom stereocenters. The van der Waals surface area contributed by atoms with Gasteiger partial charge in [-0.2, -0.15) is 0 Å². The van der Waals surface area contributed by atoms with Gasteiger partial charge in [0.1, 0.15) is 13.2 Å². The molecule has 6 nitrogen and oxygen atoms in total. The lowest BCUT2D eigenvalue weighted by molar-refractivity contribution is -0.167. The lowest BCUT2D eigenvalue weighted by atomic mass is 10.0. The molecule has 0 aliphatic heterocycles. The third kappa shape index (κ3) is 41.4. The average Bonchev–Trinajstić information content (AvgIpc) is 3.14. The summed E-state index contributed by atoms with van der Waals surface area (Å²) in [6.45, 7) is 8.92. The molecule has 0 amide bonds. The molecule has 53 heavy (non-hydrogen) atoms. The highest BCUT2D eigenvalue weighted by atomic mass is 16.6. The van der Waals surface area contributed by atoms with Crippen molar-refractivity contribution in [2.24, 2.45) is 5.92 Å². The molecule has 0 rings (SSSR count). The molecule has 0 heterocycles. The van der Waals surface area contributed by atoms with Crippen molar-refractivity contribution in [3.8, 4) is 0 Å². The molecular formula is C47H90O6. The van der Waals surface area contributed by atoms with Crippen LogP contribution in [0.5, 0.6) is 0 Å². The second kappa shape index (κ2) is 41.6. The summed E-state index contributed by atoms with van der Waals surface area (Å²) in [5.74, 6) is -0.0114. The van der Waals surface area contributed by atoms with Crippen LogP contribution in [0.1, 0.15) is 259 Å². The van der Waals surface area contributed by atoms with Crippen molar-refractivity contribution in [1.29, 1.82) is 0 Å². The van der Waals surface area contributed by atoms with Crippen LogP contribution in [0.25, 0.3) is 0 Å². The van der Waals surface area contributed by atoms with Gasteiger partial charge in [0.25, 0.3) is 0 Å². The minimum absolute atomic E-state index is 0.0649. The van der Waals surface area contributed by atoms with E-state index in [0.717, 1.165) is 70.1 Å². The second-order valence-electron chi connectivity index (χ2n) is 16.5. The summed E-state index contributed by atoms with van der Waals surface area (Å²) in [6, 6.07) is 0. The number of unbranched alkanes of at least 4 members (excludes halogenated alkanes) is 29. The summed E-state index contributed by atoms with van der Waals surface area (Å²) < 4.78 is 16.6. The molecule has 0 aromatic carbocycles. The van der Waals surface area contributed by atoms with Crippen molar-refractivity contribution < 1.29 is 28.6 Å². The molecule has 0 aliphatic rings. The Balaban J connectivity index is 4.05. The van der Waals surface area contributed by atoms with Crippen molar-refractivity contribution >= 4 is 17.9 Å². The van der Waals surface area contributed by atoms with Crippen LogP contribution < -0.4 is 0 Å². The molecule has 0 saturated carbocycles. The number of carbonyl (C=O) groups excluding carboxylic acids is 3. The van der Waals surface area contributed by atoms with Crippen LogP contribution in [0.3, 0.4) is 0 Å². The molecule has 0 aliphatic carbocycles. The largest absolute Gasteiger partial charge is 0.462 e. The number of carbonyl (C=O) groups is 3. The topological polar surface area (TPSA) is 78.9 Å². The van der Waals surface area contributed by atoms with Crippen molar-refractivity contribution in [3.63, 3.8) is 0 Å². The lowest BCUT2D eigenvalue weighted by Crippen LogP contribution is -2.30. The van der Waals surface area contributed by atoms with Crippen LogP contribution in [0, 0.1) is 5.92 Å². The highest BCUT2D eigenvalue weighted by molar-refractivity contribution is 5.71. The van der Waals surface area contributed by atoms with Gasteiger partial charge in [-0.15, -0.1) is 0 Å². The SMILES string of the molecule is CCCCCCCCCCCC(=O)OC[C@@H](COC(=O)CCCCCCC)OC(=O)CCCCCCCCCCCCCCCCCCCCC(C)C. The van der Waals surface area contributed by atoms with E-state index in [4.69, 9.17) is 14.2 Å². The fourth-order valence-electron chi connectivity index (χ4n) is 6.98. The van der Waals surface area contributed by atoms with Crippen molar-refractivity contribution in [3.05, 3.63) is 0 Å². The van der Waals surface area contributed by atoms with Crippen LogP contribution in [-0.4, -0.2) is 37.2 Å². The quantitative estimate of drug-likeness (QED) is 0.0351. The summed E-state index contributed by atoms with van der Waals surface area (Å²) in [5, 5.41) is 0. The maximum Gasteiger partial charge on any atom is 0.306 e. The molecule has 0 N–H and O–H groups in total. The van der Waals surface area contributed by atoms with Crippen LogP contribution >= 0.6 is 0 Å². The van der Waals surface area contributed by atoms with Gasteiger partial charge in [0.05, 0.1) is 0 Å². The minimum Gasteiger partial charge on any atom is -0.462 e. The maximum absolute atomic E-state index is 12.7. The van der Waals surface area contributed by atoms with Crippen molar-refractivity contribution in [2.45, 2.75) is 265 Å². The summed E-state index contributed by atoms with van der Waals surface area (Å²) in [5.41, 5.74) is 0. The van der Waals surface area contributed by atoms with Gasteiger partial charge in [0.2, 0.25) is 0 Å². The fraction of sp³-hybridized carbons (Fsp3) is 0.936. The molecule has 0 radical (unpaired) electrons. The number of esters is 3. The zero-order valence-corrected chi connectivity index (χ0v) is 36.0. The smallest absolute Gasteiger partial charge is 0.306 e. The van der Waals surface area contributed by atoms with Gasteiger partial charge in [-0.25, -0.2) is 0 Å². The van der Waals surface area contributed by atoms with Crippen molar-refractivity contribution in [1.82, 2.24) is 0 Å². The summed E-state index contributed by atoms with van der Waals surface area (Å²) in [6.07, 6.45) is 41.3. The Labute approximate surface area is 329 Å². The van der Waals surface area contributed by atoms with E-state index in [0.29, 0.717) is 19.3 Å². The number of rotatable bonds is 42. The third-order valence-corrected chi connectivity index (χ3v) is 10.5. The van der Waals surface area contributed by atoms with Gasteiger partial charge in [0, 0.05) is 19.3 Å². The van der Waals surface area contributed by atoms with Crippen LogP contribution in [0.2, 0.25) is 0 Å². The molecular weight excluding hydrogens is 661 g/mol. The van der Waals surface area contributed by atoms with Gasteiger partial charge in [-0.1, -0.05) is 220 Å². The van der Waals surface area contributed by atoms with Gasteiger partial charge >= 0.3 is 17.9 Å². The van der Waals surface area contributed by atoms with E-state index in [2.05, 4.69) is 27.7 Å². The lowest BCUT2D eigenvalue weighted by Gasteiger charge is -2.18. The van der Waals surface area contributed by atoms with E-state index in [1.54, 1.807) is 0 Å². The molecule has 1 atom stereocenters. The first-order valence-electron chi connectivity index (χ1n) is 23.4. The summed E-state index contributed by atoms with van der Waals surface area (Å²) >= 11 is 0. The predicted octanol–water partition coefficient (Wildman–Crippen LogP) is 14.7. The monoisotopic (exact) mass is 751 g/mol. The van der Waals surface area contributed by atoms with Gasteiger partial charge in [-0.05, 0) is 25.2 Å². The van der Waals surface area contributed by atoms with Gasteiger partial charge < -0.3 is 14.2 Å². The Morgan fingerprint density at radius 2 is 0.623 bits per heavy atom. The van der Waals surface area contributed by atoms with Crippen molar-refractivity contribution in [2.75, 3.05) is 13.2 Å². The molecule has 0 spiro atoms. The van der Waals surface area contributed by atoms with E-state index in [1.165, 1.54) is 148 Å². The predicted molar refractivity (Wildman–Crippen MR) is 224 cm³/mol. The van der Waals surface area contributed by atoms with E-state index in [-0.39, 0.29) is 31.1 Å². The zero-order valence-electron chi connectivity index (χ0n) is 36.0. The molecule has 0 bridgehead atoms. The first-order valence-corrected chi connectivity index (χ1v) is 23.4. The second-order valence-corrected chi connectivity index (χ2v) is 16.5. The highest BCUT2D eigenvalue weighted by Gasteiger charge is 2.19. The molecule has 0 saturated heterocycles. The first kappa shape index (κ1) is 51.4. The zero-order chi connectivity index (χ0) is 38.9. The van der Waals surface area contributed by atoms with Crippen LogP contribution in [-0.2, 0) is 28.6 Å². The molecule has 0 aromatic heterocycles. The van der Waals surface area contributed by atoms with E-state index in [9.17, 15) is 14.4 Å². The molecule has 0 fully saturated rings. The van der Waals surface area contributed by atoms with E-state index in [1.807, 2.05) is 0 Å². The normalized spacial score (nSPS) is 11.9.